The fourth-order valence-corrected chi connectivity index (χ4v) is 9.03. The van der Waals surface area contributed by atoms with E-state index in [1.54, 1.807) is 0 Å². The molecule has 0 saturated carbocycles. The highest BCUT2D eigenvalue weighted by molar-refractivity contribution is 5.80. The quantitative estimate of drug-likeness (QED) is 0.0308. The minimum Gasteiger partial charge on any atom is -0.394 e. The predicted molar refractivity (Wildman–Crippen MR) is 284 cm³/mol. The van der Waals surface area contributed by atoms with E-state index in [2.05, 4.69) is 55.6 Å². The largest absolute Gasteiger partial charge is 0.394 e. The van der Waals surface area contributed by atoms with Gasteiger partial charge in [0.05, 0.1) is 18.8 Å². The van der Waals surface area contributed by atoms with Gasteiger partial charge in [-0.25, -0.2) is 0 Å². The van der Waals surface area contributed by atoms with E-state index in [0.717, 1.165) is 44.9 Å². The number of allylic oxidation sites excluding steroid dienone is 6. The summed E-state index contributed by atoms with van der Waals surface area (Å²) in [4.78, 5) is 12.6. The summed E-state index contributed by atoms with van der Waals surface area (Å²) in [7, 11) is 0. The number of hydrogen-bond donors (Lipinski definition) is 5. The molecule has 0 bridgehead atoms. The van der Waals surface area contributed by atoms with Crippen LogP contribution in [0, 0.1) is 0 Å². The van der Waals surface area contributed by atoms with Gasteiger partial charge in [-0.15, -0.1) is 0 Å². The third-order valence-electron chi connectivity index (χ3n) is 13.6. The van der Waals surface area contributed by atoms with E-state index in [9.17, 15) is 25.2 Å². The van der Waals surface area contributed by atoms with Gasteiger partial charge < -0.3 is 25.7 Å². The lowest BCUT2D eigenvalue weighted by atomic mass is 10.00. The van der Waals surface area contributed by atoms with Crippen molar-refractivity contribution in [3.05, 3.63) is 36.5 Å². The molecule has 5 N–H and O–H groups in total. The van der Waals surface area contributed by atoms with Crippen molar-refractivity contribution in [2.24, 2.45) is 0 Å². The number of carbonyl (C=O) groups excluding carboxylic acids is 1. The number of nitrogens with one attached hydrogen (secondary N) is 1. The average molecular weight is 917 g/mol. The first-order chi connectivity index (χ1) is 32.0. The van der Waals surface area contributed by atoms with Gasteiger partial charge in [-0.1, -0.05) is 269 Å². The standard InChI is InChI=1S/C59H113NO5/c1-3-5-7-9-11-13-15-17-19-21-23-24-25-26-27-28-29-30-31-32-33-35-37-39-41-43-45-47-49-51-53-57(63)59(65)60-55(54-61)58(64)56(62)52-50-48-46-44-42-40-38-36-34-22-20-18-16-14-12-10-8-6-4-2/h23-24,26-27,44,46,55-58,61-64H,3-22,25,28-43,45,47-54H2,1-2H3,(H,60,65)/b24-23-,27-26-,46-44+. The molecule has 0 spiro atoms. The number of unbranched alkanes of at least 4 members (excludes halogenated alkanes) is 38. The van der Waals surface area contributed by atoms with Gasteiger partial charge in [0.1, 0.15) is 12.2 Å². The van der Waals surface area contributed by atoms with E-state index >= 15 is 0 Å². The molecule has 0 aromatic heterocycles. The Kier molecular flexibility index (Phi) is 52.3. The summed E-state index contributed by atoms with van der Waals surface area (Å²) in [6, 6.07) is -1.00. The number of carbonyl (C=O) groups is 1. The maximum Gasteiger partial charge on any atom is 0.249 e. The van der Waals surface area contributed by atoms with E-state index in [4.69, 9.17) is 0 Å². The second kappa shape index (κ2) is 53.5. The first-order valence-corrected chi connectivity index (χ1v) is 28.9. The molecule has 4 atom stereocenters. The molecule has 0 aliphatic rings. The molecule has 0 saturated heterocycles. The van der Waals surface area contributed by atoms with Crippen LogP contribution in [-0.4, -0.2) is 57.3 Å². The van der Waals surface area contributed by atoms with Crippen LogP contribution in [0.15, 0.2) is 36.5 Å². The Labute approximate surface area is 405 Å². The van der Waals surface area contributed by atoms with Gasteiger partial charge in [0.25, 0.3) is 0 Å². The van der Waals surface area contributed by atoms with Crippen molar-refractivity contribution >= 4 is 5.91 Å². The highest BCUT2D eigenvalue weighted by Gasteiger charge is 2.28. The number of amides is 1. The molecule has 0 aromatic carbocycles. The molecule has 6 heteroatoms. The van der Waals surface area contributed by atoms with Crippen LogP contribution in [0.2, 0.25) is 0 Å². The Bertz CT molecular complexity index is 1030. The lowest BCUT2D eigenvalue weighted by Crippen LogP contribution is -2.53. The summed E-state index contributed by atoms with van der Waals surface area (Å²) in [5, 5.41) is 44.0. The Morgan fingerprint density at radius 1 is 0.385 bits per heavy atom. The van der Waals surface area contributed by atoms with Gasteiger partial charge in [-0.2, -0.15) is 0 Å². The van der Waals surface area contributed by atoms with Crippen molar-refractivity contribution in [1.82, 2.24) is 5.32 Å². The van der Waals surface area contributed by atoms with Gasteiger partial charge >= 0.3 is 0 Å². The molecule has 1 amide bonds. The molecule has 0 heterocycles. The van der Waals surface area contributed by atoms with Gasteiger partial charge in [0, 0.05) is 0 Å². The SMILES string of the molecule is CCCCCCCCCCC/C=C\C/C=C\CCCCCCCCCCCCCCCCC(O)C(=O)NC(CO)C(O)C(O)CCC/C=C/CCCCCCCCCCCCCCCC. The smallest absolute Gasteiger partial charge is 0.249 e. The molecule has 4 unspecified atom stereocenters. The molecule has 6 nitrogen and oxygen atoms in total. The van der Waals surface area contributed by atoms with Crippen molar-refractivity contribution in [3.8, 4) is 0 Å². The van der Waals surface area contributed by atoms with E-state index in [1.165, 1.54) is 231 Å². The first-order valence-electron chi connectivity index (χ1n) is 28.9. The Hall–Kier alpha value is -1.47. The van der Waals surface area contributed by atoms with Crippen molar-refractivity contribution < 1.29 is 25.2 Å². The molecule has 384 valence electrons. The monoisotopic (exact) mass is 916 g/mol. The molecule has 65 heavy (non-hydrogen) atoms. The Morgan fingerprint density at radius 3 is 1.02 bits per heavy atom. The summed E-state index contributed by atoms with van der Waals surface area (Å²) >= 11 is 0. The van der Waals surface area contributed by atoms with E-state index in [-0.39, 0.29) is 0 Å². The van der Waals surface area contributed by atoms with Crippen LogP contribution in [0.3, 0.4) is 0 Å². The lowest BCUT2D eigenvalue weighted by Gasteiger charge is -2.27. The van der Waals surface area contributed by atoms with Crippen LogP contribution >= 0.6 is 0 Å². The minimum atomic E-state index is -1.28. The number of hydrogen-bond acceptors (Lipinski definition) is 5. The normalized spacial score (nSPS) is 14.0. The van der Waals surface area contributed by atoms with Crippen LogP contribution in [0.25, 0.3) is 0 Å². The summed E-state index contributed by atoms with van der Waals surface area (Å²) in [6.07, 6.45) is 66.5. The molecular weight excluding hydrogens is 803 g/mol. The van der Waals surface area contributed by atoms with Crippen molar-refractivity contribution in [3.63, 3.8) is 0 Å². The van der Waals surface area contributed by atoms with Crippen LogP contribution in [-0.2, 0) is 4.79 Å². The third-order valence-corrected chi connectivity index (χ3v) is 13.6. The summed E-state index contributed by atoms with van der Waals surface area (Å²) < 4.78 is 0. The van der Waals surface area contributed by atoms with Gasteiger partial charge in [-0.3, -0.25) is 4.79 Å². The van der Waals surface area contributed by atoms with Gasteiger partial charge in [0.2, 0.25) is 5.91 Å². The summed E-state index contributed by atoms with van der Waals surface area (Å²) in [6.45, 7) is 4.07. The van der Waals surface area contributed by atoms with E-state index in [0.29, 0.717) is 12.8 Å². The molecule has 0 aromatic rings. The lowest BCUT2D eigenvalue weighted by molar-refractivity contribution is -0.132. The summed E-state index contributed by atoms with van der Waals surface area (Å²) in [5.41, 5.74) is 0. The van der Waals surface area contributed by atoms with Gasteiger partial charge in [0.15, 0.2) is 0 Å². The topological polar surface area (TPSA) is 110 Å². The molecular formula is C59H113NO5. The molecule has 0 fully saturated rings. The zero-order chi connectivity index (χ0) is 47.4. The van der Waals surface area contributed by atoms with Gasteiger partial charge in [-0.05, 0) is 70.6 Å². The molecule has 0 aliphatic heterocycles. The molecule has 0 rings (SSSR count). The van der Waals surface area contributed by atoms with Crippen molar-refractivity contribution in [2.45, 2.75) is 327 Å². The summed E-state index contributed by atoms with van der Waals surface area (Å²) in [5.74, 6) is -0.591. The van der Waals surface area contributed by atoms with Crippen LogP contribution in [0.5, 0.6) is 0 Å². The second-order valence-corrected chi connectivity index (χ2v) is 20.0. The molecule has 0 radical (unpaired) electrons. The number of aliphatic hydroxyl groups is 4. The maximum absolute atomic E-state index is 12.6. The Morgan fingerprint density at radius 2 is 0.677 bits per heavy atom. The van der Waals surface area contributed by atoms with E-state index < -0.39 is 36.9 Å². The highest BCUT2D eigenvalue weighted by Crippen LogP contribution is 2.17. The third kappa shape index (κ3) is 47.4. The highest BCUT2D eigenvalue weighted by atomic mass is 16.3. The maximum atomic E-state index is 12.6. The predicted octanol–water partition coefficient (Wildman–Crippen LogP) is 16.8. The average Bonchev–Trinajstić information content (AvgIpc) is 3.31. The van der Waals surface area contributed by atoms with Crippen LogP contribution in [0.4, 0.5) is 0 Å². The van der Waals surface area contributed by atoms with Crippen LogP contribution in [0.1, 0.15) is 303 Å². The van der Waals surface area contributed by atoms with Crippen molar-refractivity contribution in [1.29, 1.82) is 0 Å². The van der Waals surface area contributed by atoms with Crippen LogP contribution < -0.4 is 5.32 Å². The first kappa shape index (κ1) is 63.5. The van der Waals surface area contributed by atoms with E-state index in [1.807, 2.05) is 0 Å². The van der Waals surface area contributed by atoms with Crippen molar-refractivity contribution in [2.75, 3.05) is 6.61 Å². The minimum absolute atomic E-state index is 0.363. The fourth-order valence-electron chi connectivity index (χ4n) is 9.03. The Balaban J connectivity index is 3.63. The fraction of sp³-hybridized carbons (Fsp3) is 0.881. The zero-order valence-electron chi connectivity index (χ0n) is 43.5. The molecule has 0 aliphatic carbocycles. The zero-order valence-corrected chi connectivity index (χ0v) is 43.5. The number of rotatable bonds is 53. The number of aliphatic hydroxyl groups excluding tert-OH is 4. The second-order valence-electron chi connectivity index (χ2n) is 20.0.